The van der Waals surface area contributed by atoms with Crippen LogP contribution in [0.3, 0.4) is 0 Å². The highest BCUT2D eigenvalue weighted by Crippen LogP contribution is 2.06. The van der Waals surface area contributed by atoms with Crippen LogP contribution in [0.2, 0.25) is 0 Å². The van der Waals surface area contributed by atoms with Crippen molar-refractivity contribution in [3.05, 3.63) is 11.6 Å². The lowest BCUT2D eigenvalue weighted by atomic mass is 10.0. The molecular formula is C10H18N4O. The summed E-state index contributed by atoms with van der Waals surface area (Å²) in [5.41, 5.74) is 0. The summed E-state index contributed by atoms with van der Waals surface area (Å²) >= 11 is 0. The number of aromatic nitrogens is 3. The monoisotopic (exact) mass is 210 g/mol. The Morgan fingerprint density at radius 1 is 1.53 bits per heavy atom. The van der Waals surface area contributed by atoms with Crippen LogP contribution >= 0.6 is 0 Å². The van der Waals surface area contributed by atoms with Gasteiger partial charge in [0.25, 0.3) is 5.91 Å². The van der Waals surface area contributed by atoms with E-state index in [1.165, 1.54) is 0 Å². The van der Waals surface area contributed by atoms with Crippen LogP contribution in [0, 0.1) is 12.8 Å². The summed E-state index contributed by atoms with van der Waals surface area (Å²) in [4.78, 5) is 15.6. The highest BCUT2D eigenvalue weighted by molar-refractivity contribution is 5.90. The molecule has 0 aromatic carbocycles. The maximum atomic E-state index is 11.6. The van der Waals surface area contributed by atoms with Crippen LogP contribution in [-0.4, -0.2) is 27.1 Å². The van der Waals surface area contributed by atoms with Gasteiger partial charge in [0.2, 0.25) is 5.82 Å². The molecule has 0 saturated carbocycles. The van der Waals surface area contributed by atoms with Crippen molar-refractivity contribution in [2.75, 3.05) is 0 Å². The maximum Gasteiger partial charge on any atom is 0.291 e. The molecule has 2 atom stereocenters. The first-order chi connectivity index (χ1) is 7.04. The zero-order valence-electron chi connectivity index (χ0n) is 9.66. The molecule has 1 rings (SSSR count). The lowest BCUT2D eigenvalue weighted by Crippen LogP contribution is -2.37. The predicted molar refractivity (Wildman–Crippen MR) is 57.5 cm³/mol. The number of aromatic amines is 1. The van der Waals surface area contributed by atoms with Gasteiger partial charge in [0.1, 0.15) is 5.82 Å². The first kappa shape index (κ1) is 11.7. The summed E-state index contributed by atoms with van der Waals surface area (Å²) in [6, 6.07) is 0.140. The highest BCUT2D eigenvalue weighted by Gasteiger charge is 2.16. The number of rotatable bonds is 4. The molecule has 2 N–H and O–H groups in total. The normalized spacial score (nSPS) is 14.7. The van der Waals surface area contributed by atoms with Crippen molar-refractivity contribution in [3.63, 3.8) is 0 Å². The second-order valence-corrected chi connectivity index (χ2v) is 3.89. The fourth-order valence-electron chi connectivity index (χ4n) is 1.21. The molecule has 1 aromatic rings. The highest BCUT2D eigenvalue weighted by atomic mass is 16.2. The summed E-state index contributed by atoms with van der Waals surface area (Å²) in [6.45, 7) is 7.96. The number of nitrogens with one attached hydrogen (secondary N) is 2. The molecule has 1 heterocycles. The smallest absolute Gasteiger partial charge is 0.291 e. The van der Waals surface area contributed by atoms with Crippen molar-refractivity contribution in [2.24, 2.45) is 5.92 Å². The third-order valence-electron chi connectivity index (χ3n) is 2.66. The molecule has 5 nitrogen and oxygen atoms in total. The first-order valence-electron chi connectivity index (χ1n) is 5.24. The van der Waals surface area contributed by atoms with Crippen LogP contribution in [0.25, 0.3) is 0 Å². The Bertz CT molecular complexity index is 334. The van der Waals surface area contributed by atoms with Gasteiger partial charge in [-0.3, -0.25) is 9.89 Å². The molecule has 1 amide bonds. The van der Waals surface area contributed by atoms with Crippen molar-refractivity contribution in [1.29, 1.82) is 0 Å². The summed E-state index contributed by atoms with van der Waals surface area (Å²) in [7, 11) is 0. The van der Waals surface area contributed by atoms with Gasteiger partial charge in [0.05, 0.1) is 0 Å². The Hall–Kier alpha value is -1.39. The van der Waals surface area contributed by atoms with E-state index >= 15 is 0 Å². The minimum Gasteiger partial charge on any atom is -0.347 e. The van der Waals surface area contributed by atoms with Crippen LogP contribution in [0.4, 0.5) is 0 Å². The zero-order valence-corrected chi connectivity index (χ0v) is 9.66. The Morgan fingerprint density at radius 3 is 2.67 bits per heavy atom. The van der Waals surface area contributed by atoms with E-state index in [1.54, 1.807) is 6.92 Å². The number of hydrogen-bond donors (Lipinski definition) is 2. The lowest BCUT2D eigenvalue weighted by molar-refractivity contribution is 0.0918. The summed E-state index contributed by atoms with van der Waals surface area (Å²) in [5, 5.41) is 9.33. The third kappa shape index (κ3) is 3.04. The van der Waals surface area contributed by atoms with E-state index in [9.17, 15) is 4.79 Å². The Kier molecular flexibility index (Phi) is 3.82. The van der Waals surface area contributed by atoms with Gasteiger partial charge in [0.15, 0.2) is 0 Å². The van der Waals surface area contributed by atoms with E-state index in [0.29, 0.717) is 11.7 Å². The maximum absolute atomic E-state index is 11.6. The molecule has 0 fully saturated rings. The number of aryl methyl sites for hydroxylation is 1. The molecule has 0 spiro atoms. The molecule has 84 valence electrons. The Morgan fingerprint density at radius 2 is 2.20 bits per heavy atom. The summed E-state index contributed by atoms with van der Waals surface area (Å²) in [6.07, 6.45) is 1.04. The second kappa shape index (κ2) is 4.91. The molecule has 5 heteroatoms. The number of nitrogens with zero attached hydrogens (tertiary/aromatic N) is 2. The average Bonchev–Trinajstić information content (AvgIpc) is 2.63. The predicted octanol–water partition coefficient (Wildman–Crippen LogP) is 1.28. The van der Waals surface area contributed by atoms with E-state index in [1.807, 2.05) is 6.92 Å². The van der Waals surface area contributed by atoms with Crippen molar-refractivity contribution in [2.45, 2.75) is 40.2 Å². The van der Waals surface area contributed by atoms with E-state index in [-0.39, 0.29) is 17.8 Å². The van der Waals surface area contributed by atoms with E-state index in [4.69, 9.17) is 0 Å². The Labute approximate surface area is 89.7 Å². The average molecular weight is 210 g/mol. The van der Waals surface area contributed by atoms with Crippen molar-refractivity contribution in [3.8, 4) is 0 Å². The molecule has 0 aliphatic heterocycles. The molecule has 0 bridgehead atoms. The van der Waals surface area contributed by atoms with Crippen LogP contribution in [0.1, 0.15) is 43.6 Å². The summed E-state index contributed by atoms with van der Waals surface area (Å²) < 4.78 is 0. The number of carbonyl (C=O) groups excluding carboxylic acids is 1. The fraction of sp³-hybridized carbons (Fsp3) is 0.700. The SMILES string of the molecule is CCC(C)C(C)NC(=O)c1n[nH]c(C)n1. The van der Waals surface area contributed by atoms with E-state index in [0.717, 1.165) is 6.42 Å². The minimum atomic E-state index is -0.216. The fourth-order valence-corrected chi connectivity index (χ4v) is 1.21. The number of amides is 1. The summed E-state index contributed by atoms with van der Waals surface area (Å²) in [5.74, 6) is 1.10. The first-order valence-corrected chi connectivity index (χ1v) is 5.24. The minimum absolute atomic E-state index is 0.140. The van der Waals surface area contributed by atoms with Gasteiger partial charge in [-0.2, -0.15) is 0 Å². The van der Waals surface area contributed by atoms with Crippen molar-refractivity contribution >= 4 is 5.91 Å². The van der Waals surface area contributed by atoms with E-state index < -0.39 is 0 Å². The molecular weight excluding hydrogens is 192 g/mol. The lowest BCUT2D eigenvalue weighted by Gasteiger charge is -2.18. The zero-order chi connectivity index (χ0) is 11.4. The van der Waals surface area contributed by atoms with Gasteiger partial charge >= 0.3 is 0 Å². The second-order valence-electron chi connectivity index (χ2n) is 3.89. The van der Waals surface area contributed by atoms with Crippen molar-refractivity contribution in [1.82, 2.24) is 20.5 Å². The van der Waals surface area contributed by atoms with E-state index in [2.05, 4.69) is 34.3 Å². The molecule has 1 aromatic heterocycles. The number of hydrogen-bond acceptors (Lipinski definition) is 3. The quantitative estimate of drug-likeness (QED) is 0.786. The standard InChI is InChI=1S/C10H18N4O/c1-5-6(2)7(3)11-10(15)9-12-8(4)13-14-9/h6-7H,5H2,1-4H3,(H,11,15)(H,12,13,14). The van der Waals surface area contributed by atoms with Gasteiger partial charge in [-0.1, -0.05) is 20.3 Å². The van der Waals surface area contributed by atoms with Crippen LogP contribution in [0.5, 0.6) is 0 Å². The molecule has 2 unspecified atom stereocenters. The topological polar surface area (TPSA) is 70.7 Å². The van der Waals surface area contributed by atoms with Crippen LogP contribution < -0.4 is 5.32 Å². The third-order valence-corrected chi connectivity index (χ3v) is 2.66. The number of H-pyrrole nitrogens is 1. The van der Waals surface area contributed by atoms with Crippen LogP contribution in [0.15, 0.2) is 0 Å². The van der Waals surface area contributed by atoms with Gasteiger partial charge < -0.3 is 5.32 Å². The van der Waals surface area contributed by atoms with Gasteiger partial charge in [-0.05, 0) is 19.8 Å². The van der Waals surface area contributed by atoms with Crippen LogP contribution in [-0.2, 0) is 0 Å². The largest absolute Gasteiger partial charge is 0.347 e. The molecule has 0 aliphatic rings. The van der Waals surface area contributed by atoms with Crippen molar-refractivity contribution < 1.29 is 4.79 Å². The molecule has 0 saturated heterocycles. The van der Waals surface area contributed by atoms with Gasteiger partial charge in [-0.25, -0.2) is 4.98 Å². The molecule has 15 heavy (non-hydrogen) atoms. The molecule has 0 aliphatic carbocycles. The van der Waals surface area contributed by atoms with Gasteiger partial charge in [-0.15, -0.1) is 5.10 Å². The number of carbonyl (C=O) groups is 1. The Balaban J connectivity index is 2.56. The molecule has 0 radical (unpaired) electrons. The van der Waals surface area contributed by atoms with Gasteiger partial charge in [0, 0.05) is 6.04 Å².